The van der Waals surface area contributed by atoms with Crippen molar-refractivity contribution in [1.82, 2.24) is 9.97 Å². The Morgan fingerprint density at radius 1 is 0.750 bits per heavy atom. The molecule has 2 aromatic carbocycles. The molecule has 0 unspecified atom stereocenters. The van der Waals surface area contributed by atoms with Gasteiger partial charge in [0.05, 0.1) is 11.2 Å². The number of benzene rings is 2. The highest BCUT2D eigenvalue weighted by atomic mass is 32.2. The molecular weight excluding hydrogens is 322 g/mol. The first-order chi connectivity index (χ1) is 11.6. The molecule has 0 spiro atoms. The van der Waals surface area contributed by atoms with Crippen LogP contribution in [-0.2, 0) is 10.0 Å². The van der Waals surface area contributed by atoms with E-state index in [-0.39, 0.29) is 5.03 Å². The van der Waals surface area contributed by atoms with E-state index in [1.807, 2.05) is 36.4 Å². The lowest BCUT2D eigenvalue weighted by Gasteiger charge is -2.11. The van der Waals surface area contributed by atoms with Crippen molar-refractivity contribution < 1.29 is 8.42 Å². The minimum absolute atomic E-state index is 0.0183. The van der Waals surface area contributed by atoms with E-state index in [0.29, 0.717) is 5.69 Å². The lowest BCUT2D eigenvalue weighted by molar-refractivity contribution is 0.597. The molecule has 0 aliphatic carbocycles. The number of hydrogen-bond donors (Lipinski definition) is 1. The summed E-state index contributed by atoms with van der Waals surface area (Å²) in [5, 5.41) is 2.63. The van der Waals surface area contributed by atoms with Crippen LogP contribution < -0.4 is 4.72 Å². The van der Waals surface area contributed by atoms with Gasteiger partial charge in [-0.05, 0) is 29.7 Å². The molecule has 0 fully saturated rings. The van der Waals surface area contributed by atoms with Gasteiger partial charge in [-0.1, -0.05) is 36.4 Å². The number of nitrogens with one attached hydrogen (secondary N) is 1. The standard InChI is InChI=1S/C18H13N3O2S/c22-24(23,16-8-1-2-11-19-16)21-15-7-3-5-13-9-10-14-6-4-12-20-18(14)17(13)15/h1-12,21H. The van der Waals surface area contributed by atoms with E-state index in [0.717, 1.165) is 21.7 Å². The Kier molecular flexibility index (Phi) is 3.39. The van der Waals surface area contributed by atoms with Crippen LogP contribution in [-0.4, -0.2) is 18.4 Å². The summed E-state index contributed by atoms with van der Waals surface area (Å²) in [6.07, 6.45) is 3.15. The maximum atomic E-state index is 12.6. The van der Waals surface area contributed by atoms with Gasteiger partial charge in [0.2, 0.25) is 0 Å². The van der Waals surface area contributed by atoms with Crippen molar-refractivity contribution in [3.8, 4) is 0 Å². The molecule has 6 heteroatoms. The van der Waals surface area contributed by atoms with E-state index < -0.39 is 10.0 Å². The number of nitrogens with zero attached hydrogens (tertiary/aromatic N) is 2. The first-order valence-corrected chi connectivity index (χ1v) is 8.84. The summed E-state index contributed by atoms with van der Waals surface area (Å²) in [4.78, 5) is 8.35. The van der Waals surface area contributed by atoms with Gasteiger partial charge in [-0.3, -0.25) is 9.71 Å². The molecule has 1 N–H and O–H groups in total. The van der Waals surface area contributed by atoms with Crippen LogP contribution in [0.15, 0.2) is 78.1 Å². The number of sulfonamides is 1. The van der Waals surface area contributed by atoms with Gasteiger partial charge in [0.25, 0.3) is 10.0 Å². The smallest absolute Gasteiger partial charge is 0.278 e. The second kappa shape index (κ2) is 5.58. The number of pyridine rings is 2. The molecule has 0 radical (unpaired) electrons. The minimum atomic E-state index is -3.76. The fourth-order valence-electron chi connectivity index (χ4n) is 2.70. The highest BCUT2D eigenvalue weighted by Gasteiger charge is 2.17. The summed E-state index contributed by atoms with van der Waals surface area (Å²) in [5.74, 6) is 0. The lowest BCUT2D eigenvalue weighted by Crippen LogP contribution is -2.14. The molecule has 0 saturated carbocycles. The van der Waals surface area contributed by atoms with Crippen molar-refractivity contribution >= 4 is 37.4 Å². The predicted molar refractivity (Wildman–Crippen MR) is 94.3 cm³/mol. The average Bonchev–Trinajstić information content (AvgIpc) is 2.62. The maximum absolute atomic E-state index is 12.6. The second-order valence-electron chi connectivity index (χ2n) is 5.32. The summed E-state index contributed by atoms with van der Waals surface area (Å²) in [6.45, 7) is 0. The molecule has 0 aliphatic heterocycles. The van der Waals surface area contributed by atoms with Gasteiger partial charge in [0.15, 0.2) is 5.03 Å². The zero-order chi connectivity index (χ0) is 16.6. The van der Waals surface area contributed by atoms with Gasteiger partial charge in [-0.25, -0.2) is 4.98 Å². The summed E-state index contributed by atoms with van der Waals surface area (Å²) >= 11 is 0. The van der Waals surface area contributed by atoms with E-state index in [4.69, 9.17) is 0 Å². The maximum Gasteiger partial charge on any atom is 0.279 e. The topological polar surface area (TPSA) is 72.0 Å². The van der Waals surface area contributed by atoms with Crippen molar-refractivity contribution in [2.24, 2.45) is 0 Å². The summed E-state index contributed by atoms with van der Waals surface area (Å²) in [6, 6.07) is 18.0. The molecule has 118 valence electrons. The van der Waals surface area contributed by atoms with Gasteiger partial charge in [-0.2, -0.15) is 8.42 Å². The van der Waals surface area contributed by atoms with E-state index >= 15 is 0 Å². The van der Waals surface area contributed by atoms with Crippen molar-refractivity contribution in [2.75, 3.05) is 4.72 Å². The molecule has 0 amide bonds. The summed E-state index contributed by atoms with van der Waals surface area (Å²) in [5.41, 5.74) is 1.25. The van der Waals surface area contributed by atoms with E-state index in [1.54, 1.807) is 24.4 Å². The third-order valence-electron chi connectivity index (χ3n) is 3.77. The first-order valence-electron chi connectivity index (χ1n) is 7.35. The third-order valence-corrected chi connectivity index (χ3v) is 5.05. The van der Waals surface area contributed by atoms with Crippen LogP contribution in [0.4, 0.5) is 5.69 Å². The number of rotatable bonds is 3. The van der Waals surface area contributed by atoms with Crippen molar-refractivity contribution in [1.29, 1.82) is 0 Å². The Bertz CT molecular complexity index is 1140. The van der Waals surface area contributed by atoms with Crippen LogP contribution in [0.1, 0.15) is 0 Å². The Morgan fingerprint density at radius 3 is 2.38 bits per heavy atom. The highest BCUT2D eigenvalue weighted by molar-refractivity contribution is 7.92. The van der Waals surface area contributed by atoms with Crippen LogP contribution in [0, 0.1) is 0 Å². The average molecular weight is 335 g/mol. The molecule has 0 bridgehead atoms. The number of fused-ring (bicyclic) bond motifs is 3. The van der Waals surface area contributed by atoms with Crippen molar-refractivity contribution in [2.45, 2.75) is 5.03 Å². The van der Waals surface area contributed by atoms with Gasteiger partial charge < -0.3 is 0 Å². The predicted octanol–water partition coefficient (Wildman–Crippen LogP) is 3.58. The van der Waals surface area contributed by atoms with Crippen molar-refractivity contribution in [3.63, 3.8) is 0 Å². The van der Waals surface area contributed by atoms with Gasteiger partial charge >= 0.3 is 0 Å². The second-order valence-corrected chi connectivity index (χ2v) is 6.95. The fourth-order valence-corrected chi connectivity index (χ4v) is 3.72. The normalized spacial score (nSPS) is 11.7. The molecule has 0 aliphatic rings. The summed E-state index contributed by atoms with van der Waals surface area (Å²) < 4.78 is 27.8. The monoisotopic (exact) mass is 335 g/mol. The quantitative estimate of drug-likeness (QED) is 0.581. The van der Waals surface area contributed by atoms with Gasteiger partial charge in [0, 0.05) is 23.2 Å². The zero-order valence-corrected chi connectivity index (χ0v) is 13.4. The van der Waals surface area contributed by atoms with Crippen LogP contribution in [0.2, 0.25) is 0 Å². The van der Waals surface area contributed by atoms with E-state index in [2.05, 4.69) is 14.7 Å². The Balaban J connectivity index is 1.93. The molecule has 2 heterocycles. The van der Waals surface area contributed by atoms with Crippen molar-refractivity contribution in [3.05, 3.63) is 73.1 Å². The number of hydrogen-bond acceptors (Lipinski definition) is 4. The van der Waals surface area contributed by atoms with Gasteiger partial charge in [-0.15, -0.1) is 0 Å². The molecule has 4 rings (SSSR count). The molecule has 4 aromatic rings. The van der Waals surface area contributed by atoms with Crippen LogP contribution in [0.5, 0.6) is 0 Å². The molecule has 24 heavy (non-hydrogen) atoms. The fraction of sp³-hybridized carbons (Fsp3) is 0. The Hall–Kier alpha value is -2.99. The largest absolute Gasteiger partial charge is 0.279 e. The lowest BCUT2D eigenvalue weighted by atomic mass is 10.0. The Labute approximate surface area is 139 Å². The molecular formula is C18H13N3O2S. The highest BCUT2D eigenvalue weighted by Crippen LogP contribution is 2.31. The van der Waals surface area contributed by atoms with E-state index in [9.17, 15) is 8.42 Å². The molecule has 0 atom stereocenters. The Morgan fingerprint density at radius 2 is 1.54 bits per heavy atom. The SMILES string of the molecule is O=S(=O)(Nc1cccc2ccc3cccnc3c12)c1ccccn1. The van der Waals surface area contributed by atoms with Gasteiger partial charge in [0.1, 0.15) is 0 Å². The number of anilines is 1. The third kappa shape index (κ3) is 2.47. The van der Waals surface area contributed by atoms with Crippen LogP contribution in [0.3, 0.4) is 0 Å². The summed E-state index contributed by atoms with van der Waals surface area (Å²) in [7, 11) is -3.76. The molecule has 5 nitrogen and oxygen atoms in total. The zero-order valence-electron chi connectivity index (χ0n) is 12.5. The molecule has 2 aromatic heterocycles. The first kappa shape index (κ1) is 14.6. The van der Waals surface area contributed by atoms with E-state index in [1.165, 1.54) is 12.3 Å². The van der Waals surface area contributed by atoms with Crippen LogP contribution in [0.25, 0.3) is 21.7 Å². The number of aromatic nitrogens is 2. The molecule has 0 saturated heterocycles. The minimum Gasteiger partial charge on any atom is -0.278 e. The van der Waals surface area contributed by atoms with Crippen LogP contribution >= 0.6 is 0 Å².